The van der Waals surface area contributed by atoms with Crippen LogP contribution in [-0.2, 0) is 13.0 Å². The molecule has 2 aromatic rings. The van der Waals surface area contributed by atoms with Crippen molar-refractivity contribution >= 4 is 6.09 Å². The van der Waals surface area contributed by atoms with Gasteiger partial charge in [0.1, 0.15) is 0 Å². The van der Waals surface area contributed by atoms with Crippen LogP contribution < -0.4 is 10.6 Å². The van der Waals surface area contributed by atoms with Gasteiger partial charge < -0.3 is 20.8 Å². The van der Waals surface area contributed by atoms with Gasteiger partial charge in [0.2, 0.25) is 0 Å². The molecule has 0 aliphatic heterocycles. The molecule has 2 rings (SSSR count). The van der Waals surface area contributed by atoms with Crippen molar-refractivity contribution in [3.63, 3.8) is 0 Å². The average molecular weight is 315 g/mol. The molecule has 0 radical (unpaired) electrons. The van der Waals surface area contributed by atoms with Gasteiger partial charge in [0.25, 0.3) is 0 Å². The van der Waals surface area contributed by atoms with Gasteiger partial charge in [-0.25, -0.2) is 4.79 Å². The van der Waals surface area contributed by atoms with Crippen molar-refractivity contribution in [2.24, 2.45) is 0 Å². The molecule has 6 nitrogen and oxygen atoms in total. The summed E-state index contributed by atoms with van der Waals surface area (Å²) in [7, 11) is 0. The van der Waals surface area contributed by atoms with Crippen LogP contribution in [0.2, 0.25) is 0 Å². The number of hydrogen-bond donors (Lipinski definition) is 4. The molecular weight excluding hydrogens is 294 g/mol. The number of amides is 1. The molecule has 0 fully saturated rings. The third kappa shape index (κ3) is 6.06. The molecule has 122 valence electrons. The maximum atomic E-state index is 11.0. The van der Waals surface area contributed by atoms with Crippen molar-refractivity contribution in [1.82, 2.24) is 15.6 Å². The van der Waals surface area contributed by atoms with Crippen LogP contribution in [0, 0.1) is 0 Å². The summed E-state index contributed by atoms with van der Waals surface area (Å²) in [5.74, 6) is 0. The Morgan fingerprint density at radius 2 is 1.78 bits per heavy atom. The van der Waals surface area contributed by atoms with Gasteiger partial charge in [-0.05, 0) is 29.7 Å². The Morgan fingerprint density at radius 3 is 2.43 bits per heavy atom. The lowest BCUT2D eigenvalue weighted by Gasteiger charge is -2.23. The van der Waals surface area contributed by atoms with Crippen LogP contribution in [0.25, 0.3) is 0 Å². The fourth-order valence-corrected chi connectivity index (χ4v) is 2.32. The lowest BCUT2D eigenvalue weighted by Crippen LogP contribution is -2.48. The van der Waals surface area contributed by atoms with Gasteiger partial charge in [-0.15, -0.1) is 0 Å². The van der Waals surface area contributed by atoms with Crippen molar-refractivity contribution < 1.29 is 15.0 Å². The fraction of sp³-hybridized carbons (Fsp3) is 0.294. The van der Waals surface area contributed by atoms with Gasteiger partial charge in [0, 0.05) is 25.5 Å². The number of aromatic nitrogens is 1. The van der Waals surface area contributed by atoms with Crippen LogP contribution in [0.1, 0.15) is 11.1 Å². The van der Waals surface area contributed by atoms with Crippen LogP contribution in [0.5, 0.6) is 0 Å². The summed E-state index contributed by atoms with van der Waals surface area (Å²) >= 11 is 0. The highest BCUT2D eigenvalue weighted by Crippen LogP contribution is 2.06. The zero-order valence-electron chi connectivity index (χ0n) is 12.7. The number of aliphatic hydroxyl groups is 1. The number of carbonyl (C=O) groups is 1. The Morgan fingerprint density at radius 1 is 1.09 bits per heavy atom. The Balaban J connectivity index is 1.88. The van der Waals surface area contributed by atoms with Crippen LogP contribution in [0.4, 0.5) is 4.79 Å². The molecule has 2 atom stereocenters. The monoisotopic (exact) mass is 315 g/mol. The minimum atomic E-state index is -1.14. The Labute approximate surface area is 135 Å². The highest BCUT2D eigenvalue weighted by atomic mass is 16.4. The SMILES string of the molecule is O=C(O)N[C@@H](Cc1ccccc1)[C@@H](O)CNCc1ccncc1. The van der Waals surface area contributed by atoms with Gasteiger partial charge >= 0.3 is 6.09 Å². The molecule has 1 amide bonds. The summed E-state index contributed by atoms with van der Waals surface area (Å²) in [6.45, 7) is 0.880. The molecule has 1 aromatic heterocycles. The van der Waals surface area contributed by atoms with Crippen molar-refractivity contribution in [3.05, 3.63) is 66.0 Å². The van der Waals surface area contributed by atoms with E-state index in [1.54, 1.807) is 12.4 Å². The number of aliphatic hydroxyl groups excluding tert-OH is 1. The second-order valence-electron chi connectivity index (χ2n) is 5.30. The first-order chi connectivity index (χ1) is 11.1. The summed E-state index contributed by atoms with van der Waals surface area (Å²) < 4.78 is 0. The Kier molecular flexibility index (Phi) is 6.53. The molecule has 0 unspecified atom stereocenters. The normalized spacial score (nSPS) is 13.3. The molecule has 23 heavy (non-hydrogen) atoms. The van der Waals surface area contributed by atoms with Gasteiger partial charge in [0.15, 0.2) is 0 Å². The van der Waals surface area contributed by atoms with Crippen molar-refractivity contribution in [1.29, 1.82) is 0 Å². The van der Waals surface area contributed by atoms with E-state index in [0.29, 0.717) is 19.5 Å². The number of carboxylic acid groups (broad SMARTS) is 1. The predicted octanol–water partition coefficient (Wildman–Crippen LogP) is 1.41. The summed E-state index contributed by atoms with van der Waals surface area (Å²) in [6.07, 6.45) is 1.88. The summed E-state index contributed by atoms with van der Waals surface area (Å²) in [6, 6.07) is 12.7. The maximum absolute atomic E-state index is 11.0. The minimum absolute atomic E-state index is 0.292. The molecule has 0 bridgehead atoms. The van der Waals surface area contributed by atoms with E-state index in [2.05, 4.69) is 15.6 Å². The smallest absolute Gasteiger partial charge is 0.404 e. The highest BCUT2D eigenvalue weighted by molar-refractivity contribution is 5.65. The van der Waals surface area contributed by atoms with E-state index in [4.69, 9.17) is 5.11 Å². The topological polar surface area (TPSA) is 94.5 Å². The van der Waals surface area contributed by atoms with Crippen LogP contribution in [0.15, 0.2) is 54.9 Å². The third-order valence-corrected chi connectivity index (χ3v) is 3.50. The van der Waals surface area contributed by atoms with Crippen molar-refractivity contribution in [3.8, 4) is 0 Å². The van der Waals surface area contributed by atoms with Crippen LogP contribution >= 0.6 is 0 Å². The predicted molar refractivity (Wildman–Crippen MR) is 87.0 cm³/mol. The standard InChI is InChI=1S/C17H21N3O3/c21-16(12-19-11-14-6-8-18-9-7-14)15(20-17(22)23)10-13-4-2-1-3-5-13/h1-9,15-16,19-21H,10-12H2,(H,22,23)/t15-,16-/m0/s1. The van der Waals surface area contributed by atoms with E-state index in [1.165, 1.54) is 0 Å². The van der Waals surface area contributed by atoms with Gasteiger partial charge in [-0.1, -0.05) is 30.3 Å². The van der Waals surface area contributed by atoms with Gasteiger partial charge in [-0.2, -0.15) is 0 Å². The Bertz CT molecular complexity index is 593. The lowest BCUT2D eigenvalue weighted by atomic mass is 10.0. The summed E-state index contributed by atoms with van der Waals surface area (Å²) in [5, 5.41) is 24.8. The quantitative estimate of drug-likeness (QED) is 0.591. The first kappa shape index (κ1) is 16.9. The molecule has 0 saturated carbocycles. The summed E-state index contributed by atoms with van der Waals surface area (Å²) in [4.78, 5) is 14.9. The number of nitrogens with zero attached hydrogens (tertiary/aromatic N) is 1. The molecule has 4 N–H and O–H groups in total. The van der Waals surface area contributed by atoms with E-state index in [-0.39, 0.29) is 0 Å². The zero-order valence-corrected chi connectivity index (χ0v) is 12.7. The highest BCUT2D eigenvalue weighted by Gasteiger charge is 2.21. The van der Waals surface area contributed by atoms with E-state index >= 15 is 0 Å². The first-order valence-corrected chi connectivity index (χ1v) is 7.46. The number of nitrogens with one attached hydrogen (secondary N) is 2. The van der Waals surface area contributed by atoms with E-state index in [1.807, 2.05) is 42.5 Å². The number of rotatable bonds is 8. The fourth-order valence-electron chi connectivity index (χ4n) is 2.32. The van der Waals surface area contributed by atoms with Crippen molar-refractivity contribution in [2.45, 2.75) is 25.1 Å². The largest absolute Gasteiger partial charge is 0.465 e. The Hall–Kier alpha value is -2.44. The molecule has 0 aliphatic carbocycles. The van der Waals surface area contributed by atoms with E-state index < -0.39 is 18.2 Å². The molecule has 6 heteroatoms. The van der Waals surface area contributed by atoms with E-state index in [9.17, 15) is 9.90 Å². The number of hydrogen-bond acceptors (Lipinski definition) is 4. The van der Waals surface area contributed by atoms with Crippen LogP contribution in [0.3, 0.4) is 0 Å². The van der Waals surface area contributed by atoms with Gasteiger partial charge in [-0.3, -0.25) is 4.98 Å². The zero-order chi connectivity index (χ0) is 16.5. The molecule has 0 spiro atoms. The van der Waals surface area contributed by atoms with Crippen molar-refractivity contribution in [2.75, 3.05) is 6.54 Å². The lowest BCUT2D eigenvalue weighted by molar-refractivity contribution is 0.117. The molecule has 1 heterocycles. The molecular formula is C17H21N3O3. The second-order valence-corrected chi connectivity index (χ2v) is 5.30. The minimum Gasteiger partial charge on any atom is -0.465 e. The maximum Gasteiger partial charge on any atom is 0.404 e. The molecule has 1 aromatic carbocycles. The molecule has 0 saturated heterocycles. The first-order valence-electron chi connectivity index (χ1n) is 7.46. The summed E-state index contributed by atoms with van der Waals surface area (Å²) in [5.41, 5.74) is 2.03. The molecule has 0 aliphatic rings. The second kappa shape index (κ2) is 8.87. The third-order valence-electron chi connectivity index (χ3n) is 3.50. The number of benzene rings is 1. The average Bonchev–Trinajstić information content (AvgIpc) is 2.56. The van der Waals surface area contributed by atoms with Crippen LogP contribution in [-0.4, -0.2) is 40.0 Å². The van der Waals surface area contributed by atoms with E-state index in [0.717, 1.165) is 11.1 Å². The van der Waals surface area contributed by atoms with Gasteiger partial charge in [0.05, 0.1) is 12.1 Å². The number of pyridine rings is 1.